The number of benzene rings is 2. The summed E-state index contributed by atoms with van der Waals surface area (Å²) in [6, 6.07) is 13.2. The lowest BCUT2D eigenvalue weighted by atomic mass is 10.1. The van der Waals surface area contributed by atoms with Crippen molar-refractivity contribution in [1.82, 2.24) is 5.32 Å². The van der Waals surface area contributed by atoms with Gasteiger partial charge in [-0.15, -0.1) is 0 Å². The molecule has 0 spiro atoms. The Balaban J connectivity index is 1.56. The molecule has 0 aliphatic heterocycles. The average molecular weight is 312 g/mol. The number of primary amides is 1. The molecule has 0 heterocycles. The van der Waals surface area contributed by atoms with Crippen LogP contribution in [0.15, 0.2) is 48.5 Å². The Kier molecular flexibility index (Phi) is 4.10. The first kappa shape index (κ1) is 15.2. The van der Waals surface area contributed by atoms with Crippen LogP contribution in [0.4, 0.5) is 4.39 Å². The van der Waals surface area contributed by atoms with Gasteiger partial charge in [-0.25, -0.2) is 4.39 Å². The third kappa shape index (κ3) is 3.56. The first-order valence-electron chi connectivity index (χ1n) is 7.46. The monoisotopic (exact) mass is 312 g/mol. The highest BCUT2D eigenvalue weighted by Gasteiger charge is 2.43. The molecule has 0 aromatic heterocycles. The minimum atomic E-state index is -0.489. The fraction of sp³-hybridized carbons (Fsp3) is 0.222. The summed E-state index contributed by atoms with van der Waals surface area (Å²) >= 11 is 0. The summed E-state index contributed by atoms with van der Waals surface area (Å²) in [5, 5.41) is 2.87. The van der Waals surface area contributed by atoms with Crippen molar-refractivity contribution in [3.63, 3.8) is 0 Å². The van der Waals surface area contributed by atoms with Crippen molar-refractivity contribution in [2.75, 3.05) is 0 Å². The molecular formula is C18H17FN2O2. The van der Waals surface area contributed by atoms with Gasteiger partial charge in [-0.05, 0) is 47.7 Å². The van der Waals surface area contributed by atoms with Gasteiger partial charge in [-0.1, -0.05) is 24.3 Å². The van der Waals surface area contributed by atoms with Crippen LogP contribution in [0.25, 0.3) is 0 Å². The molecule has 1 saturated carbocycles. The van der Waals surface area contributed by atoms with E-state index in [4.69, 9.17) is 5.73 Å². The van der Waals surface area contributed by atoms with E-state index in [0.29, 0.717) is 12.1 Å². The van der Waals surface area contributed by atoms with E-state index in [1.165, 1.54) is 12.1 Å². The van der Waals surface area contributed by atoms with Crippen molar-refractivity contribution in [3.05, 3.63) is 71.0 Å². The molecule has 0 saturated heterocycles. The molecule has 2 atom stereocenters. The summed E-state index contributed by atoms with van der Waals surface area (Å²) in [5.74, 6) is -0.697. The fourth-order valence-corrected chi connectivity index (χ4v) is 2.72. The van der Waals surface area contributed by atoms with Gasteiger partial charge in [0.2, 0.25) is 11.8 Å². The van der Waals surface area contributed by atoms with Crippen LogP contribution in [-0.2, 0) is 11.3 Å². The molecule has 1 aliphatic rings. The number of nitrogens with two attached hydrogens (primary N) is 1. The van der Waals surface area contributed by atoms with Crippen LogP contribution < -0.4 is 11.1 Å². The van der Waals surface area contributed by atoms with Crippen molar-refractivity contribution in [2.45, 2.75) is 18.9 Å². The van der Waals surface area contributed by atoms with Gasteiger partial charge in [0.25, 0.3) is 0 Å². The van der Waals surface area contributed by atoms with E-state index in [9.17, 15) is 14.0 Å². The predicted molar refractivity (Wildman–Crippen MR) is 84.1 cm³/mol. The van der Waals surface area contributed by atoms with Gasteiger partial charge in [0.1, 0.15) is 5.82 Å². The minimum absolute atomic E-state index is 0.0243. The van der Waals surface area contributed by atoms with E-state index >= 15 is 0 Å². The van der Waals surface area contributed by atoms with E-state index in [-0.39, 0.29) is 23.6 Å². The number of nitrogens with one attached hydrogen (secondary N) is 1. The normalized spacial score (nSPS) is 19.2. The number of carbonyl (C=O) groups excluding carboxylic acids is 2. The number of hydrogen-bond donors (Lipinski definition) is 2. The second-order valence-corrected chi connectivity index (χ2v) is 5.78. The molecule has 3 N–H and O–H groups in total. The average Bonchev–Trinajstić information content (AvgIpc) is 3.34. The molecule has 2 aromatic rings. The van der Waals surface area contributed by atoms with Crippen molar-refractivity contribution < 1.29 is 14.0 Å². The summed E-state index contributed by atoms with van der Waals surface area (Å²) < 4.78 is 12.9. The third-order valence-corrected chi connectivity index (χ3v) is 4.10. The highest BCUT2D eigenvalue weighted by atomic mass is 19.1. The molecule has 2 aromatic carbocycles. The fourth-order valence-electron chi connectivity index (χ4n) is 2.72. The summed E-state index contributed by atoms with van der Waals surface area (Å²) in [5.41, 5.74) is 7.48. The number of rotatable bonds is 5. The Morgan fingerprint density at radius 1 is 1.17 bits per heavy atom. The lowest BCUT2D eigenvalue weighted by molar-refractivity contribution is -0.122. The molecule has 2 amide bonds. The van der Waals surface area contributed by atoms with E-state index in [0.717, 1.165) is 17.5 Å². The first-order valence-corrected chi connectivity index (χ1v) is 7.46. The number of halogens is 1. The Morgan fingerprint density at radius 3 is 2.61 bits per heavy atom. The van der Waals surface area contributed by atoms with Crippen LogP contribution in [0.2, 0.25) is 0 Å². The SMILES string of the molecule is NC(=O)c1cccc(CNC(=O)C2CC2c2ccc(F)cc2)c1. The lowest BCUT2D eigenvalue weighted by Gasteiger charge is -2.06. The molecular weight excluding hydrogens is 295 g/mol. The maximum absolute atomic E-state index is 12.9. The minimum Gasteiger partial charge on any atom is -0.366 e. The standard InChI is InChI=1S/C18H17FN2O2/c19-14-6-4-12(5-7-14)15-9-16(15)18(23)21-10-11-2-1-3-13(8-11)17(20)22/h1-8,15-16H,9-10H2,(H2,20,22)(H,21,23). The summed E-state index contributed by atoms with van der Waals surface area (Å²) in [6.07, 6.45) is 0.777. The molecule has 1 fully saturated rings. The molecule has 3 rings (SSSR count). The van der Waals surface area contributed by atoms with E-state index < -0.39 is 5.91 Å². The Morgan fingerprint density at radius 2 is 1.91 bits per heavy atom. The molecule has 23 heavy (non-hydrogen) atoms. The van der Waals surface area contributed by atoms with Gasteiger partial charge in [0, 0.05) is 18.0 Å². The van der Waals surface area contributed by atoms with Gasteiger partial charge in [0.15, 0.2) is 0 Å². The maximum Gasteiger partial charge on any atom is 0.248 e. The summed E-state index contributed by atoms with van der Waals surface area (Å²) in [4.78, 5) is 23.3. The van der Waals surface area contributed by atoms with Crippen LogP contribution in [0.3, 0.4) is 0 Å². The molecule has 1 aliphatic carbocycles. The molecule has 0 radical (unpaired) electrons. The smallest absolute Gasteiger partial charge is 0.248 e. The second-order valence-electron chi connectivity index (χ2n) is 5.78. The van der Waals surface area contributed by atoms with E-state index in [1.54, 1.807) is 30.3 Å². The Bertz CT molecular complexity index is 743. The van der Waals surface area contributed by atoms with Crippen molar-refractivity contribution >= 4 is 11.8 Å². The maximum atomic E-state index is 12.9. The quantitative estimate of drug-likeness (QED) is 0.889. The molecule has 5 heteroatoms. The Hall–Kier alpha value is -2.69. The van der Waals surface area contributed by atoms with Crippen molar-refractivity contribution in [2.24, 2.45) is 11.7 Å². The van der Waals surface area contributed by atoms with Crippen LogP contribution in [-0.4, -0.2) is 11.8 Å². The van der Waals surface area contributed by atoms with Gasteiger partial charge in [-0.3, -0.25) is 9.59 Å². The van der Waals surface area contributed by atoms with E-state index in [1.807, 2.05) is 6.07 Å². The van der Waals surface area contributed by atoms with Gasteiger partial charge in [-0.2, -0.15) is 0 Å². The van der Waals surface area contributed by atoms with Gasteiger partial charge in [0.05, 0.1) is 0 Å². The zero-order valence-electron chi connectivity index (χ0n) is 12.5. The second kappa shape index (κ2) is 6.20. The summed E-state index contributed by atoms with van der Waals surface area (Å²) in [7, 11) is 0. The van der Waals surface area contributed by atoms with Crippen LogP contribution in [0.1, 0.15) is 33.8 Å². The first-order chi connectivity index (χ1) is 11.0. The van der Waals surface area contributed by atoms with Crippen LogP contribution in [0.5, 0.6) is 0 Å². The molecule has 2 unspecified atom stereocenters. The third-order valence-electron chi connectivity index (χ3n) is 4.10. The van der Waals surface area contributed by atoms with Crippen molar-refractivity contribution in [3.8, 4) is 0 Å². The number of amides is 2. The number of hydrogen-bond acceptors (Lipinski definition) is 2. The zero-order valence-corrected chi connectivity index (χ0v) is 12.5. The van der Waals surface area contributed by atoms with Gasteiger partial charge < -0.3 is 11.1 Å². The molecule has 118 valence electrons. The number of carbonyl (C=O) groups is 2. The highest BCUT2D eigenvalue weighted by molar-refractivity contribution is 5.92. The van der Waals surface area contributed by atoms with E-state index in [2.05, 4.69) is 5.32 Å². The van der Waals surface area contributed by atoms with Crippen LogP contribution >= 0.6 is 0 Å². The van der Waals surface area contributed by atoms with Crippen molar-refractivity contribution in [1.29, 1.82) is 0 Å². The van der Waals surface area contributed by atoms with Crippen LogP contribution in [0, 0.1) is 11.7 Å². The lowest BCUT2D eigenvalue weighted by Crippen LogP contribution is -2.25. The topological polar surface area (TPSA) is 72.2 Å². The molecule has 0 bridgehead atoms. The predicted octanol–water partition coefficient (Wildman–Crippen LogP) is 2.34. The summed E-state index contributed by atoms with van der Waals surface area (Å²) in [6.45, 7) is 0.354. The van der Waals surface area contributed by atoms with Gasteiger partial charge >= 0.3 is 0 Å². The molecule has 4 nitrogen and oxygen atoms in total. The highest BCUT2D eigenvalue weighted by Crippen LogP contribution is 2.47. The largest absolute Gasteiger partial charge is 0.366 e. The zero-order chi connectivity index (χ0) is 16.4. The Labute approximate surface area is 133 Å².